The number of rotatable bonds is 2. The number of thiocarbonyl (C=S) groups is 1. The van der Waals surface area contributed by atoms with E-state index >= 15 is 0 Å². The maximum absolute atomic E-state index is 5.91. The topological polar surface area (TPSA) is 24.1 Å². The third kappa shape index (κ3) is 4.02. The first-order valence-corrected chi connectivity index (χ1v) is 6.71. The van der Waals surface area contributed by atoms with Crippen molar-refractivity contribution in [3.63, 3.8) is 0 Å². The lowest BCUT2D eigenvalue weighted by Crippen LogP contribution is -2.27. The minimum absolute atomic E-state index is 0.520. The van der Waals surface area contributed by atoms with Crippen molar-refractivity contribution in [1.29, 1.82) is 0 Å². The molecule has 0 saturated carbocycles. The van der Waals surface area contributed by atoms with Gasteiger partial charge in [0.25, 0.3) is 0 Å². The first kappa shape index (κ1) is 13.4. The van der Waals surface area contributed by atoms with Crippen LogP contribution < -0.4 is 10.6 Å². The van der Waals surface area contributed by atoms with Gasteiger partial charge in [0.15, 0.2) is 5.11 Å². The van der Waals surface area contributed by atoms with Gasteiger partial charge in [-0.15, -0.1) is 0 Å². The standard InChI is InChI=1S/C13H12Cl2N2S/c14-9-6-10(15)8-12(7-9)17-13(18)16-11-4-2-1-3-5-11/h2,4-8H,1,3H2,(H2,16,17,18). The van der Waals surface area contributed by atoms with Crippen molar-refractivity contribution in [1.82, 2.24) is 5.32 Å². The van der Waals surface area contributed by atoms with E-state index in [2.05, 4.69) is 22.8 Å². The molecule has 0 fully saturated rings. The van der Waals surface area contributed by atoms with Gasteiger partial charge in [0.05, 0.1) is 0 Å². The fourth-order valence-electron chi connectivity index (χ4n) is 1.63. The summed E-state index contributed by atoms with van der Waals surface area (Å²) in [4.78, 5) is 0. The highest BCUT2D eigenvalue weighted by Gasteiger charge is 2.03. The van der Waals surface area contributed by atoms with Gasteiger partial charge >= 0.3 is 0 Å². The second kappa shape index (κ2) is 6.23. The second-order valence-electron chi connectivity index (χ2n) is 3.88. The monoisotopic (exact) mass is 298 g/mol. The second-order valence-corrected chi connectivity index (χ2v) is 5.16. The Balaban J connectivity index is 1.98. The number of benzene rings is 1. The fourth-order valence-corrected chi connectivity index (χ4v) is 2.39. The lowest BCUT2D eigenvalue weighted by atomic mass is 10.1. The molecule has 0 radical (unpaired) electrons. The largest absolute Gasteiger partial charge is 0.333 e. The Labute approximate surface area is 122 Å². The summed E-state index contributed by atoms with van der Waals surface area (Å²) in [5, 5.41) is 7.83. The zero-order chi connectivity index (χ0) is 13.0. The Kier molecular flexibility index (Phi) is 4.64. The van der Waals surface area contributed by atoms with Crippen LogP contribution >= 0.6 is 35.4 Å². The molecule has 0 heterocycles. The molecule has 18 heavy (non-hydrogen) atoms. The first-order chi connectivity index (χ1) is 8.63. The number of hydrogen-bond donors (Lipinski definition) is 2. The summed E-state index contributed by atoms with van der Waals surface area (Å²) in [6.07, 6.45) is 8.35. The molecular weight excluding hydrogens is 287 g/mol. The van der Waals surface area contributed by atoms with Crippen molar-refractivity contribution in [3.8, 4) is 0 Å². The highest BCUT2D eigenvalue weighted by atomic mass is 35.5. The number of hydrogen-bond acceptors (Lipinski definition) is 1. The van der Waals surface area contributed by atoms with Crippen LogP contribution in [0.15, 0.2) is 42.1 Å². The van der Waals surface area contributed by atoms with Gasteiger partial charge in [0, 0.05) is 21.4 Å². The van der Waals surface area contributed by atoms with Crippen molar-refractivity contribution >= 4 is 46.2 Å². The Morgan fingerprint density at radius 3 is 2.39 bits per heavy atom. The van der Waals surface area contributed by atoms with Gasteiger partial charge in [0.2, 0.25) is 0 Å². The van der Waals surface area contributed by atoms with Crippen LogP contribution in [0.4, 0.5) is 5.69 Å². The van der Waals surface area contributed by atoms with Gasteiger partial charge in [-0.25, -0.2) is 0 Å². The van der Waals surface area contributed by atoms with E-state index in [0.29, 0.717) is 15.2 Å². The van der Waals surface area contributed by atoms with E-state index in [9.17, 15) is 0 Å². The van der Waals surface area contributed by atoms with Crippen LogP contribution in [0.1, 0.15) is 12.8 Å². The van der Waals surface area contributed by atoms with Crippen molar-refractivity contribution in [3.05, 3.63) is 52.2 Å². The molecule has 0 aliphatic heterocycles. The van der Waals surface area contributed by atoms with Crippen LogP contribution in [0.2, 0.25) is 10.0 Å². The van der Waals surface area contributed by atoms with Gasteiger partial charge in [-0.1, -0.05) is 35.4 Å². The first-order valence-electron chi connectivity index (χ1n) is 5.54. The van der Waals surface area contributed by atoms with Gasteiger partial charge in [-0.05, 0) is 49.3 Å². The van der Waals surface area contributed by atoms with Crippen LogP contribution in [0, 0.1) is 0 Å². The van der Waals surface area contributed by atoms with Gasteiger partial charge in [0.1, 0.15) is 0 Å². The number of nitrogens with one attached hydrogen (secondary N) is 2. The Bertz CT molecular complexity index is 503. The molecule has 0 unspecified atom stereocenters. The summed E-state index contributed by atoms with van der Waals surface area (Å²) in [5.74, 6) is 0. The predicted molar refractivity (Wildman–Crippen MR) is 82.3 cm³/mol. The molecule has 0 bridgehead atoms. The van der Waals surface area contributed by atoms with E-state index < -0.39 is 0 Å². The lowest BCUT2D eigenvalue weighted by Gasteiger charge is -2.13. The summed E-state index contributed by atoms with van der Waals surface area (Å²) < 4.78 is 0. The normalized spacial score (nSPS) is 14.0. The number of allylic oxidation sites excluding steroid dienone is 3. The Hall–Kier alpha value is -1.03. The van der Waals surface area contributed by atoms with E-state index in [4.69, 9.17) is 35.4 Å². The molecule has 2 nitrogen and oxygen atoms in total. The van der Waals surface area contributed by atoms with E-state index in [1.807, 2.05) is 6.08 Å². The molecule has 2 N–H and O–H groups in total. The van der Waals surface area contributed by atoms with Crippen LogP contribution in [-0.2, 0) is 0 Å². The van der Waals surface area contributed by atoms with Crippen molar-refractivity contribution in [2.45, 2.75) is 12.8 Å². The molecule has 0 aromatic heterocycles. The van der Waals surface area contributed by atoms with Gasteiger partial charge in [-0.3, -0.25) is 0 Å². The SMILES string of the molecule is S=C(NC1=CCCC=C1)Nc1cc(Cl)cc(Cl)c1. The average molecular weight is 299 g/mol. The van der Waals surface area contributed by atoms with E-state index in [1.54, 1.807) is 18.2 Å². The van der Waals surface area contributed by atoms with E-state index in [1.165, 1.54) is 0 Å². The minimum atomic E-state index is 0.520. The Morgan fingerprint density at radius 2 is 1.78 bits per heavy atom. The molecule has 5 heteroatoms. The third-order valence-corrected chi connectivity index (χ3v) is 3.01. The molecule has 94 valence electrons. The average Bonchev–Trinajstić information content (AvgIpc) is 2.28. The summed E-state index contributed by atoms with van der Waals surface area (Å²) in [6.45, 7) is 0. The molecule has 1 aromatic carbocycles. The molecule has 0 amide bonds. The Morgan fingerprint density at radius 1 is 1.06 bits per heavy atom. The summed E-state index contributed by atoms with van der Waals surface area (Å²) >= 11 is 17.0. The molecule has 0 saturated heterocycles. The van der Waals surface area contributed by atoms with Crippen LogP contribution in [0.5, 0.6) is 0 Å². The lowest BCUT2D eigenvalue weighted by molar-refractivity contribution is 0.987. The quantitative estimate of drug-likeness (QED) is 0.785. The minimum Gasteiger partial charge on any atom is -0.333 e. The molecule has 2 rings (SSSR count). The van der Waals surface area contributed by atoms with E-state index in [0.717, 1.165) is 24.2 Å². The molecule has 1 aliphatic carbocycles. The van der Waals surface area contributed by atoms with Gasteiger partial charge < -0.3 is 10.6 Å². The summed E-state index contributed by atoms with van der Waals surface area (Å²) in [5.41, 5.74) is 1.78. The predicted octanol–water partition coefficient (Wildman–Crippen LogP) is 4.51. The fraction of sp³-hybridized carbons (Fsp3) is 0.154. The molecule has 0 spiro atoms. The summed E-state index contributed by atoms with van der Waals surface area (Å²) in [6, 6.07) is 5.22. The number of halogens is 2. The zero-order valence-electron chi connectivity index (χ0n) is 9.54. The maximum Gasteiger partial charge on any atom is 0.175 e. The molecule has 1 aliphatic rings. The van der Waals surface area contributed by atoms with Crippen molar-refractivity contribution in [2.24, 2.45) is 0 Å². The highest BCUT2D eigenvalue weighted by Crippen LogP contribution is 2.22. The van der Waals surface area contributed by atoms with Crippen LogP contribution in [0.3, 0.4) is 0 Å². The summed E-state index contributed by atoms with van der Waals surface area (Å²) in [7, 11) is 0. The molecule has 1 aromatic rings. The zero-order valence-corrected chi connectivity index (χ0v) is 11.9. The van der Waals surface area contributed by atoms with Crippen molar-refractivity contribution in [2.75, 3.05) is 5.32 Å². The molecule has 0 atom stereocenters. The third-order valence-electron chi connectivity index (χ3n) is 2.37. The highest BCUT2D eigenvalue weighted by molar-refractivity contribution is 7.80. The van der Waals surface area contributed by atoms with Crippen LogP contribution in [0.25, 0.3) is 0 Å². The van der Waals surface area contributed by atoms with Gasteiger partial charge in [-0.2, -0.15) is 0 Å². The number of anilines is 1. The van der Waals surface area contributed by atoms with Crippen LogP contribution in [-0.4, -0.2) is 5.11 Å². The maximum atomic E-state index is 5.91. The smallest absolute Gasteiger partial charge is 0.175 e. The van der Waals surface area contributed by atoms with E-state index in [-0.39, 0.29) is 0 Å². The van der Waals surface area contributed by atoms with Crippen molar-refractivity contribution < 1.29 is 0 Å². The molecular formula is C13H12Cl2N2S.